The molecule has 120 valence electrons. The van der Waals surface area contributed by atoms with E-state index in [1.54, 1.807) is 4.90 Å². The second-order valence-corrected chi connectivity index (χ2v) is 5.86. The van der Waals surface area contributed by atoms with E-state index in [4.69, 9.17) is 4.74 Å². The van der Waals surface area contributed by atoms with Crippen molar-refractivity contribution in [3.8, 4) is 0 Å². The number of carbonyl (C=O) groups is 2. The monoisotopic (exact) mass is 304 g/mol. The van der Waals surface area contributed by atoms with Gasteiger partial charge in [0.1, 0.15) is 6.61 Å². The predicted octanol–water partition coefficient (Wildman–Crippen LogP) is 2.51. The van der Waals surface area contributed by atoms with E-state index in [-0.39, 0.29) is 24.5 Å². The van der Waals surface area contributed by atoms with Crippen LogP contribution in [0.4, 0.5) is 4.79 Å². The van der Waals surface area contributed by atoms with Crippen LogP contribution >= 0.6 is 0 Å². The van der Waals surface area contributed by atoms with Crippen molar-refractivity contribution in [2.24, 2.45) is 5.92 Å². The van der Waals surface area contributed by atoms with Crippen LogP contribution in [0.3, 0.4) is 0 Å². The molecule has 0 radical (unpaired) electrons. The van der Waals surface area contributed by atoms with Crippen LogP contribution in [0.15, 0.2) is 30.3 Å². The topological polar surface area (TPSA) is 49.9 Å². The molecule has 1 aliphatic heterocycles. The van der Waals surface area contributed by atoms with Crippen molar-refractivity contribution in [2.75, 3.05) is 26.2 Å². The van der Waals surface area contributed by atoms with Crippen molar-refractivity contribution >= 4 is 12.0 Å². The number of nitrogens with zero attached hydrogens (tertiary/aromatic N) is 2. The minimum Gasteiger partial charge on any atom is -0.445 e. The first-order chi connectivity index (χ1) is 10.6. The molecule has 5 nitrogen and oxygen atoms in total. The van der Waals surface area contributed by atoms with Crippen molar-refractivity contribution in [1.82, 2.24) is 9.80 Å². The summed E-state index contributed by atoms with van der Waals surface area (Å²) >= 11 is 0. The highest BCUT2D eigenvalue weighted by molar-refractivity contribution is 5.78. The Labute approximate surface area is 131 Å². The number of rotatable bonds is 3. The van der Waals surface area contributed by atoms with Crippen LogP contribution in [-0.2, 0) is 16.1 Å². The molecule has 0 saturated carbocycles. The molecule has 0 aromatic heterocycles. The number of hydrogen-bond donors (Lipinski definition) is 0. The molecule has 1 saturated heterocycles. The fourth-order valence-corrected chi connectivity index (χ4v) is 2.50. The van der Waals surface area contributed by atoms with Gasteiger partial charge in [0.25, 0.3) is 0 Å². The summed E-state index contributed by atoms with van der Waals surface area (Å²) in [5.74, 6) is 0.149. The van der Waals surface area contributed by atoms with Gasteiger partial charge in [0.15, 0.2) is 0 Å². The van der Waals surface area contributed by atoms with E-state index >= 15 is 0 Å². The fourth-order valence-electron chi connectivity index (χ4n) is 2.50. The molecule has 22 heavy (non-hydrogen) atoms. The van der Waals surface area contributed by atoms with Crippen LogP contribution in [0, 0.1) is 5.92 Å². The van der Waals surface area contributed by atoms with Crippen molar-refractivity contribution < 1.29 is 14.3 Å². The average Bonchev–Trinajstić information content (AvgIpc) is 2.78. The lowest BCUT2D eigenvalue weighted by molar-refractivity contribution is -0.134. The molecule has 1 aliphatic rings. The van der Waals surface area contributed by atoms with Crippen molar-refractivity contribution in [3.05, 3.63) is 35.9 Å². The van der Waals surface area contributed by atoms with Gasteiger partial charge in [0, 0.05) is 32.1 Å². The summed E-state index contributed by atoms with van der Waals surface area (Å²) in [6.45, 7) is 6.54. The molecule has 0 N–H and O–H groups in total. The lowest BCUT2D eigenvalue weighted by Crippen LogP contribution is -2.39. The summed E-state index contributed by atoms with van der Waals surface area (Å²) in [4.78, 5) is 27.7. The highest BCUT2D eigenvalue weighted by atomic mass is 16.6. The highest BCUT2D eigenvalue weighted by Gasteiger charge is 2.23. The van der Waals surface area contributed by atoms with Gasteiger partial charge in [-0.2, -0.15) is 0 Å². The predicted molar refractivity (Wildman–Crippen MR) is 84.2 cm³/mol. The van der Waals surface area contributed by atoms with Gasteiger partial charge in [-0.05, 0) is 12.0 Å². The van der Waals surface area contributed by atoms with E-state index in [2.05, 4.69) is 0 Å². The standard InChI is InChI=1S/C17H24N2O3/c1-14(2)16(20)18-9-6-10-19(12-11-18)17(21)22-13-15-7-4-3-5-8-15/h3-5,7-8,14H,6,9-13H2,1-2H3. The maximum Gasteiger partial charge on any atom is 0.410 e. The third-order valence-corrected chi connectivity index (χ3v) is 3.76. The second kappa shape index (κ2) is 7.82. The first-order valence-electron chi connectivity index (χ1n) is 7.82. The molecular weight excluding hydrogens is 280 g/mol. The zero-order valence-electron chi connectivity index (χ0n) is 13.3. The number of benzene rings is 1. The van der Waals surface area contributed by atoms with E-state index in [1.165, 1.54) is 0 Å². The summed E-state index contributed by atoms with van der Waals surface area (Å²) in [6, 6.07) is 9.63. The molecule has 0 atom stereocenters. The summed E-state index contributed by atoms with van der Waals surface area (Å²) in [7, 11) is 0. The van der Waals surface area contributed by atoms with E-state index in [1.807, 2.05) is 49.1 Å². The molecule has 1 heterocycles. The minimum absolute atomic E-state index is 0.00316. The van der Waals surface area contributed by atoms with Crippen LogP contribution in [0.25, 0.3) is 0 Å². The quantitative estimate of drug-likeness (QED) is 0.862. The summed E-state index contributed by atoms with van der Waals surface area (Å²) in [5.41, 5.74) is 0.974. The Morgan fingerprint density at radius 1 is 1.05 bits per heavy atom. The van der Waals surface area contributed by atoms with Gasteiger partial charge in [0.2, 0.25) is 5.91 Å². The molecule has 0 bridgehead atoms. The van der Waals surface area contributed by atoms with Crippen molar-refractivity contribution in [1.29, 1.82) is 0 Å². The SMILES string of the molecule is CC(C)C(=O)N1CCCN(C(=O)OCc2ccccc2)CC1. The van der Waals surface area contributed by atoms with Gasteiger partial charge in [-0.3, -0.25) is 4.79 Å². The Hall–Kier alpha value is -2.04. The number of ether oxygens (including phenoxy) is 1. The summed E-state index contributed by atoms with van der Waals surface area (Å²) < 4.78 is 5.35. The lowest BCUT2D eigenvalue weighted by atomic mass is 10.2. The Morgan fingerprint density at radius 2 is 1.68 bits per heavy atom. The second-order valence-electron chi connectivity index (χ2n) is 5.86. The molecule has 1 fully saturated rings. The van der Waals surface area contributed by atoms with Gasteiger partial charge < -0.3 is 14.5 Å². The normalized spacial score (nSPS) is 15.6. The molecule has 5 heteroatoms. The number of amides is 2. The first kappa shape index (κ1) is 16.3. The lowest BCUT2D eigenvalue weighted by Gasteiger charge is -2.23. The molecule has 1 aromatic rings. The van der Waals surface area contributed by atoms with Crippen LogP contribution in [-0.4, -0.2) is 48.0 Å². The molecule has 2 rings (SSSR count). The van der Waals surface area contributed by atoms with Crippen LogP contribution in [0.5, 0.6) is 0 Å². The number of carbonyl (C=O) groups excluding carboxylic acids is 2. The first-order valence-corrected chi connectivity index (χ1v) is 7.82. The van der Waals surface area contributed by atoms with Gasteiger partial charge >= 0.3 is 6.09 Å². The fraction of sp³-hybridized carbons (Fsp3) is 0.529. The molecular formula is C17H24N2O3. The third kappa shape index (κ3) is 4.48. The Balaban J connectivity index is 1.83. The van der Waals surface area contributed by atoms with E-state index in [9.17, 15) is 9.59 Å². The summed E-state index contributed by atoms with van der Waals surface area (Å²) in [6.07, 6.45) is 0.488. The average molecular weight is 304 g/mol. The van der Waals surface area contributed by atoms with E-state index in [0.717, 1.165) is 12.0 Å². The molecule has 0 spiro atoms. The maximum absolute atomic E-state index is 12.1. The van der Waals surface area contributed by atoms with Crippen LogP contribution in [0.2, 0.25) is 0 Å². The van der Waals surface area contributed by atoms with Gasteiger partial charge in [-0.15, -0.1) is 0 Å². The Morgan fingerprint density at radius 3 is 2.36 bits per heavy atom. The number of hydrogen-bond acceptors (Lipinski definition) is 3. The minimum atomic E-state index is -0.303. The largest absolute Gasteiger partial charge is 0.445 e. The highest BCUT2D eigenvalue weighted by Crippen LogP contribution is 2.10. The molecule has 0 aliphatic carbocycles. The van der Waals surface area contributed by atoms with Crippen molar-refractivity contribution in [3.63, 3.8) is 0 Å². The van der Waals surface area contributed by atoms with Crippen molar-refractivity contribution in [2.45, 2.75) is 26.9 Å². The Kier molecular flexibility index (Phi) is 5.81. The van der Waals surface area contributed by atoms with Crippen LogP contribution in [0.1, 0.15) is 25.8 Å². The molecule has 2 amide bonds. The van der Waals surface area contributed by atoms with Gasteiger partial charge in [-0.1, -0.05) is 44.2 Å². The van der Waals surface area contributed by atoms with Crippen LogP contribution < -0.4 is 0 Å². The summed E-state index contributed by atoms with van der Waals surface area (Å²) in [5, 5.41) is 0. The smallest absolute Gasteiger partial charge is 0.410 e. The van der Waals surface area contributed by atoms with E-state index in [0.29, 0.717) is 26.2 Å². The van der Waals surface area contributed by atoms with Gasteiger partial charge in [-0.25, -0.2) is 4.79 Å². The molecule has 0 unspecified atom stereocenters. The Bertz CT molecular complexity index is 502. The zero-order chi connectivity index (χ0) is 15.9. The molecule has 1 aromatic carbocycles. The van der Waals surface area contributed by atoms with Gasteiger partial charge in [0.05, 0.1) is 0 Å². The van der Waals surface area contributed by atoms with E-state index < -0.39 is 0 Å². The zero-order valence-corrected chi connectivity index (χ0v) is 13.3. The maximum atomic E-state index is 12.1. The third-order valence-electron chi connectivity index (χ3n) is 3.76.